The second-order valence-corrected chi connectivity index (χ2v) is 18.6. The van der Waals surface area contributed by atoms with Crippen LogP contribution in [0, 0.1) is 0 Å². The maximum absolute atomic E-state index is 2.88. The quantitative estimate of drug-likeness (QED) is 0.114. The van der Waals surface area contributed by atoms with E-state index in [0.29, 0.717) is 0 Å². The van der Waals surface area contributed by atoms with E-state index < -0.39 is 8.07 Å². The van der Waals surface area contributed by atoms with Crippen molar-refractivity contribution in [3.63, 3.8) is 0 Å². The van der Waals surface area contributed by atoms with E-state index in [2.05, 4.69) is 240 Å². The number of hydrogen-bond donors (Lipinski definition) is 0. The predicted octanol–water partition coefficient (Wildman–Crippen LogP) is 10.9. The van der Waals surface area contributed by atoms with Crippen LogP contribution in [0.15, 0.2) is 231 Å². The van der Waals surface area contributed by atoms with Gasteiger partial charge in [0.2, 0.25) is 0 Å². The van der Waals surface area contributed by atoms with Crippen LogP contribution in [0.1, 0.15) is 0 Å². The van der Waals surface area contributed by atoms with E-state index in [9.17, 15) is 0 Å². The van der Waals surface area contributed by atoms with Gasteiger partial charge in [-0.15, -0.1) is 0 Å². The zero-order valence-corrected chi connectivity index (χ0v) is 32.3. The fourth-order valence-corrected chi connectivity index (χ4v) is 14.6. The van der Waals surface area contributed by atoms with Crippen LogP contribution in [0.4, 0.5) is 0 Å². The molecule has 0 amide bonds. The molecule has 0 unspecified atom stereocenters. The second-order valence-electron chi connectivity index (χ2n) is 14.8. The van der Waals surface area contributed by atoms with Gasteiger partial charge in [-0.1, -0.05) is 200 Å². The summed E-state index contributed by atoms with van der Waals surface area (Å²) in [4.78, 5) is 0. The van der Waals surface area contributed by atoms with Gasteiger partial charge in [-0.3, -0.25) is 0 Å². The van der Waals surface area contributed by atoms with Gasteiger partial charge in [0, 0.05) is 32.8 Å². The third kappa shape index (κ3) is 5.03. The third-order valence-electron chi connectivity index (χ3n) is 11.9. The summed E-state index contributed by atoms with van der Waals surface area (Å²) in [5, 5.41) is 10.5. The van der Waals surface area contributed by atoms with Gasteiger partial charge in [0.05, 0.1) is 27.8 Å². The summed E-state index contributed by atoms with van der Waals surface area (Å²) < 4.78 is 5.04. The van der Waals surface area contributed by atoms with Gasteiger partial charge in [0.25, 0.3) is 0 Å². The molecule has 0 aliphatic rings. The Bertz CT molecular complexity index is 3110. The summed E-state index contributed by atoms with van der Waals surface area (Å²) in [6, 6.07) is 85.2. The second kappa shape index (κ2) is 13.5. The highest BCUT2D eigenvalue weighted by atomic mass is 28.3. The molecule has 0 saturated heterocycles. The lowest BCUT2D eigenvalue weighted by molar-refractivity contribution is 1.13. The first-order chi connectivity index (χ1) is 28.3. The molecule has 11 aromatic rings. The fraction of sp³-hybridized carbons (Fsp3) is 0. The lowest BCUT2D eigenvalue weighted by atomic mass is 10.0. The molecule has 268 valence electrons. The maximum atomic E-state index is 2.54. The van der Waals surface area contributed by atoms with E-state index in [4.69, 9.17) is 0 Å². The van der Waals surface area contributed by atoms with Crippen LogP contribution in [0.3, 0.4) is 0 Å². The standard InChI is InChI=1S/C54H38N2Si/c1-6-21-39(22-7-1)44-32-18-33-45-46-34-19-37-50(54(46)55(53(44)45)40-23-8-2-9-24-40)56-48-35-17-16-31-47(48)52-49(56)36-20-38-51(52)57(41-25-10-3-11-26-41,42-27-12-4-13-28-42)43-29-14-5-15-30-43/h1-38H. The Morgan fingerprint density at radius 1 is 0.316 bits per heavy atom. The molecule has 0 fully saturated rings. The molecule has 0 atom stereocenters. The summed E-state index contributed by atoms with van der Waals surface area (Å²) in [6.07, 6.45) is 0. The van der Waals surface area contributed by atoms with Gasteiger partial charge in [-0.2, -0.15) is 0 Å². The smallest absolute Gasteiger partial charge is 0.180 e. The first kappa shape index (κ1) is 33.2. The minimum Gasteiger partial charge on any atom is -0.307 e. The van der Waals surface area contributed by atoms with Gasteiger partial charge in [0.15, 0.2) is 8.07 Å². The molecule has 11 rings (SSSR count). The Morgan fingerprint density at radius 2 is 0.789 bits per heavy atom. The molecule has 0 saturated carbocycles. The van der Waals surface area contributed by atoms with Gasteiger partial charge < -0.3 is 9.13 Å². The molecule has 0 aliphatic heterocycles. The number of rotatable bonds is 7. The van der Waals surface area contributed by atoms with Gasteiger partial charge in [0.1, 0.15) is 0 Å². The van der Waals surface area contributed by atoms with Crippen LogP contribution >= 0.6 is 0 Å². The minimum atomic E-state index is -2.88. The Hall–Kier alpha value is -7.20. The number of para-hydroxylation sites is 4. The van der Waals surface area contributed by atoms with Crippen molar-refractivity contribution >= 4 is 72.4 Å². The highest BCUT2D eigenvalue weighted by Crippen LogP contribution is 2.42. The van der Waals surface area contributed by atoms with Crippen LogP contribution in [-0.4, -0.2) is 17.2 Å². The van der Waals surface area contributed by atoms with E-state index in [-0.39, 0.29) is 0 Å². The lowest BCUT2D eigenvalue weighted by Gasteiger charge is -2.35. The van der Waals surface area contributed by atoms with Crippen LogP contribution in [-0.2, 0) is 0 Å². The van der Waals surface area contributed by atoms with Crippen LogP contribution in [0.2, 0.25) is 0 Å². The summed E-state index contributed by atoms with van der Waals surface area (Å²) >= 11 is 0. The largest absolute Gasteiger partial charge is 0.307 e. The summed E-state index contributed by atoms with van der Waals surface area (Å²) in [5.74, 6) is 0. The van der Waals surface area contributed by atoms with Crippen LogP contribution in [0.5, 0.6) is 0 Å². The molecule has 0 radical (unpaired) electrons. The Balaban J connectivity index is 1.31. The average Bonchev–Trinajstić information content (AvgIpc) is 3.82. The predicted molar refractivity (Wildman–Crippen MR) is 244 cm³/mol. The number of nitrogens with zero attached hydrogens (tertiary/aromatic N) is 2. The zero-order chi connectivity index (χ0) is 37.8. The number of hydrogen-bond acceptors (Lipinski definition) is 0. The lowest BCUT2D eigenvalue weighted by Crippen LogP contribution is -2.74. The molecule has 0 N–H and O–H groups in total. The van der Waals surface area contributed by atoms with Crippen molar-refractivity contribution in [1.82, 2.24) is 9.13 Å². The van der Waals surface area contributed by atoms with Crippen molar-refractivity contribution in [2.75, 3.05) is 0 Å². The average molecular weight is 743 g/mol. The zero-order valence-electron chi connectivity index (χ0n) is 31.3. The Morgan fingerprint density at radius 3 is 1.42 bits per heavy atom. The van der Waals surface area contributed by atoms with E-state index in [1.807, 2.05) is 0 Å². The SMILES string of the molecule is c1ccc(-c2cccc3c4cccc(-n5c6ccccc6c6c([Si](c7ccccc7)(c7ccccc7)c7ccccc7)cccc65)c4n(-c4ccccc4)c23)cc1. The van der Waals surface area contributed by atoms with E-state index in [1.165, 1.54) is 75.5 Å². The molecule has 0 bridgehead atoms. The molecular weight excluding hydrogens is 705 g/mol. The Kier molecular flexibility index (Phi) is 7.87. The minimum absolute atomic E-state index is 1.14. The summed E-state index contributed by atoms with van der Waals surface area (Å²) in [5.41, 5.74) is 9.50. The Labute approximate surface area is 333 Å². The molecule has 57 heavy (non-hydrogen) atoms. The van der Waals surface area contributed by atoms with Gasteiger partial charge in [-0.25, -0.2) is 0 Å². The highest BCUT2D eigenvalue weighted by Gasteiger charge is 2.43. The summed E-state index contributed by atoms with van der Waals surface area (Å²) in [6.45, 7) is 0. The van der Waals surface area contributed by atoms with E-state index in [1.54, 1.807) is 0 Å². The van der Waals surface area contributed by atoms with E-state index in [0.717, 1.165) is 11.4 Å². The first-order valence-corrected chi connectivity index (χ1v) is 21.7. The van der Waals surface area contributed by atoms with E-state index >= 15 is 0 Å². The molecular formula is C54H38N2Si. The van der Waals surface area contributed by atoms with Gasteiger partial charge >= 0.3 is 0 Å². The van der Waals surface area contributed by atoms with Gasteiger partial charge in [-0.05, 0) is 56.6 Å². The number of aromatic nitrogens is 2. The van der Waals surface area contributed by atoms with Crippen molar-refractivity contribution in [3.05, 3.63) is 231 Å². The highest BCUT2D eigenvalue weighted by molar-refractivity contribution is 7.20. The topological polar surface area (TPSA) is 9.86 Å². The van der Waals surface area contributed by atoms with Crippen molar-refractivity contribution in [1.29, 1.82) is 0 Å². The molecule has 2 nitrogen and oxygen atoms in total. The molecule has 3 heteroatoms. The van der Waals surface area contributed by atoms with Crippen molar-refractivity contribution in [3.8, 4) is 22.5 Å². The first-order valence-electron chi connectivity index (χ1n) is 19.7. The maximum Gasteiger partial charge on any atom is 0.180 e. The normalized spacial score (nSPS) is 11.9. The molecule has 2 heterocycles. The third-order valence-corrected chi connectivity index (χ3v) is 16.7. The van der Waals surface area contributed by atoms with Crippen molar-refractivity contribution in [2.24, 2.45) is 0 Å². The molecule has 9 aromatic carbocycles. The summed E-state index contributed by atoms with van der Waals surface area (Å²) in [7, 11) is -2.88. The number of fused-ring (bicyclic) bond motifs is 6. The number of benzene rings is 9. The van der Waals surface area contributed by atoms with Crippen molar-refractivity contribution in [2.45, 2.75) is 0 Å². The van der Waals surface area contributed by atoms with Crippen molar-refractivity contribution < 1.29 is 0 Å². The monoisotopic (exact) mass is 742 g/mol. The van der Waals surface area contributed by atoms with Crippen LogP contribution < -0.4 is 20.7 Å². The fourth-order valence-electron chi connectivity index (χ4n) is 9.59. The molecule has 0 aliphatic carbocycles. The van der Waals surface area contributed by atoms with Crippen LogP contribution in [0.25, 0.3) is 66.1 Å². The molecule has 0 spiro atoms. The molecule has 2 aromatic heterocycles.